The summed E-state index contributed by atoms with van der Waals surface area (Å²) in [6, 6.07) is 13.1. The molecule has 0 aliphatic rings. The van der Waals surface area contributed by atoms with Crippen molar-refractivity contribution >= 4 is 58.2 Å². The van der Waals surface area contributed by atoms with E-state index in [-0.39, 0.29) is 44.7 Å². The topological polar surface area (TPSA) is 154 Å². The molecule has 2 N–H and O–H groups in total. The maximum Gasteiger partial charge on any atom is 0.272 e. The fraction of sp³-hybridized carbons (Fsp3) is 0.0435. The Morgan fingerprint density at radius 2 is 1.64 bits per heavy atom. The number of anilines is 1. The normalized spacial score (nSPS) is 10.9. The number of nitro benzene ring substituents is 2. The molecule has 0 aliphatic carbocycles. The van der Waals surface area contributed by atoms with Gasteiger partial charge in [-0.05, 0) is 35.9 Å². The summed E-state index contributed by atoms with van der Waals surface area (Å²) in [7, 11) is 1.38. The zero-order chi connectivity index (χ0) is 26.4. The quantitative estimate of drug-likeness (QED) is 0.229. The molecule has 0 spiro atoms. The minimum Gasteiger partial charge on any atom is -0.495 e. The maximum atomic E-state index is 13.2. The van der Waals surface area contributed by atoms with E-state index in [0.717, 1.165) is 12.1 Å². The van der Waals surface area contributed by atoms with Gasteiger partial charge >= 0.3 is 0 Å². The second-order valence-corrected chi connectivity index (χ2v) is 7.93. The van der Waals surface area contributed by atoms with E-state index in [2.05, 4.69) is 10.6 Å². The second-order valence-electron chi connectivity index (χ2n) is 7.08. The van der Waals surface area contributed by atoms with Crippen molar-refractivity contribution in [3.05, 3.63) is 108 Å². The van der Waals surface area contributed by atoms with Gasteiger partial charge in [0.25, 0.3) is 23.2 Å². The number of carbonyl (C=O) groups excluding carboxylic acids is 2. The Balaban J connectivity index is 2.03. The van der Waals surface area contributed by atoms with Crippen LogP contribution in [-0.2, 0) is 4.79 Å². The van der Waals surface area contributed by atoms with Crippen molar-refractivity contribution in [1.29, 1.82) is 0 Å². The fourth-order valence-corrected chi connectivity index (χ4v) is 3.39. The van der Waals surface area contributed by atoms with E-state index in [1.54, 1.807) is 6.07 Å². The number of non-ortho nitro benzene ring substituents is 2. The van der Waals surface area contributed by atoms with E-state index in [1.807, 2.05) is 0 Å². The van der Waals surface area contributed by atoms with Crippen molar-refractivity contribution in [2.24, 2.45) is 0 Å². The first-order chi connectivity index (χ1) is 17.1. The molecule has 0 saturated heterocycles. The van der Waals surface area contributed by atoms with Crippen molar-refractivity contribution in [2.75, 3.05) is 12.4 Å². The zero-order valence-electron chi connectivity index (χ0n) is 18.4. The van der Waals surface area contributed by atoms with Crippen molar-refractivity contribution in [3.8, 4) is 5.75 Å². The third-order valence-electron chi connectivity index (χ3n) is 4.70. The van der Waals surface area contributed by atoms with Gasteiger partial charge in [0.2, 0.25) is 0 Å². The van der Waals surface area contributed by atoms with Gasteiger partial charge in [0.15, 0.2) is 0 Å². The van der Waals surface area contributed by atoms with Gasteiger partial charge in [-0.3, -0.25) is 29.8 Å². The van der Waals surface area contributed by atoms with Crippen LogP contribution < -0.4 is 15.4 Å². The maximum absolute atomic E-state index is 13.2. The summed E-state index contributed by atoms with van der Waals surface area (Å²) < 4.78 is 5.21. The van der Waals surface area contributed by atoms with Gasteiger partial charge in [-0.25, -0.2) is 0 Å². The van der Waals surface area contributed by atoms with Gasteiger partial charge in [-0.15, -0.1) is 0 Å². The molecule has 0 heterocycles. The van der Waals surface area contributed by atoms with Crippen molar-refractivity contribution in [2.45, 2.75) is 0 Å². The Hall–Kier alpha value is -4.48. The Morgan fingerprint density at radius 1 is 0.944 bits per heavy atom. The molecule has 0 aromatic heterocycles. The molecule has 11 nitrogen and oxygen atoms in total. The molecule has 0 atom stereocenters. The smallest absolute Gasteiger partial charge is 0.272 e. The van der Waals surface area contributed by atoms with Crippen LogP contribution in [0.4, 0.5) is 17.1 Å². The van der Waals surface area contributed by atoms with E-state index < -0.39 is 21.7 Å². The Morgan fingerprint density at radius 3 is 2.31 bits per heavy atom. The number of methoxy groups -OCH3 is 1. The molecule has 184 valence electrons. The molecule has 13 heteroatoms. The van der Waals surface area contributed by atoms with Gasteiger partial charge in [0.1, 0.15) is 11.4 Å². The molecular weight excluding hydrogens is 515 g/mol. The van der Waals surface area contributed by atoms with Crippen molar-refractivity contribution in [1.82, 2.24) is 5.32 Å². The highest BCUT2D eigenvalue weighted by Crippen LogP contribution is 2.28. The Labute approximate surface area is 213 Å². The highest BCUT2D eigenvalue weighted by Gasteiger charge is 2.21. The lowest BCUT2D eigenvalue weighted by atomic mass is 10.1. The predicted molar refractivity (Wildman–Crippen MR) is 133 cm³/mol. The average molecular weight is 531 g/mol. The molecule has 2 amide bonds. The molecule has 3 rings (SSSR count). The largest absolute Gasteiger partial charge is 0.495 e. The zero-order valence-corrected chi connectivity index (χ0v) is 19.9. The van der Waals surface area contributed by atoms with E-state index in [0.29, 0.717) is 5.02 Å². The summed E-state index contributed by atoms with van der Waals surface area (Å²) in [4.78, 5) is 47.1. The molecule has 0 fully saturated rings. The van der Waals surface area contributed by atoms with Gasteiger partial charge < -0.3 is 15.4 Å². The summed E-state index contributed by atoms with van der Waals surface area (Å²) in [6.07, 6.45) is 1.20. The summed E-state index contributed by atoms with van der Waals surface area (Å²) in [5.41, 5.74) is -0.829. The summed E-state index contributed by atoms with van der Waals surface area (Å²) in [5, 5.41) is 27.4. The molecule has 0 saturated carbocycles. The highest BCUT2D eigenvalue weighted by molar-refractivity contribution is 6.34. The number of nitrogens with one attached hydrogen (secondary N) is 2. The number of hydrogen-bond acceptors (Lipinski definition) is 7. The molecule has 36 heavy (non-hydrogen) atoms. The first kappa shape index (κ1) is 26.1. The number of hydrogen-bond donors (Lipinski definition) is 2. The molecular formula is C23H16Cl2N4O7. The summed E-state index contributed by atoms with van der Waals surface area (Å²) in [5.74, 6) is -1.49. The number of nitro groups is 2. The molecule has 0 bridgehead atoms. The van der Waals surface area contributed by atoms with Gasteiger partial charge in [0.05, 0.1) is 33.2 Å². The number of nitrogens with zero attached hydrogens (tertiary/aromatic N) is 2. The monoisotopic (exact) mass is 530 g/mol. The van der Waals surface area contributed by atoms with Crippen LogP contribution in [0.15, 0.2) is 66.4 Å². The van der Waals surface area contributed by atoms with Gasteiger partial charge in [0, 0.05) is 29.3 Å². The molecule has 3 aromatic carbocycles. The third-order valence-corrected chi connectivity index (χ3v) is 5.26. The van der Waals surface area contributed by atoms with Crippen molar-refractivity contribution < 1.29 is 24.2 Å². The standard InChI is InChI=1S/C23H16Cl2N4O7/c1-36-21-8-5-14(24)11-19(21)26-23(31)20(10-13-3-2-4-15(9-13)28(32)33)27-22(30)17-12-16(29(34)35)6-7-18(17)25/h2-12H,1H3,(H,26,31)(H,27,30)/b20-10-. The predicted octanol–water partition coefficient (Wildman–Crippen LogP) is 5.23. The SMILES string of the molecule is COc1ccc(Cl)cc1NC(=O)/C(=C/c1cccc([N+](=O)[O-])c1)NC(=O)c1cc([N+](=O)[O-])ccc1Cl. The molecule has 3 aromatic rings. The highest BCUT2D eigenvalue weighted by atomic mass is 35.5. The van der Waals surface area contributed by atoms with Crippen LogP contribution in [0.1, 0.15) is 15.9 Å². The van der Waals surface area contributed by atoms with Crippen LogP contribution in [0.2, 0.25) is 10.0 Å². The van der Waals surface area contributed by atoms with Gasteiger partial charge in [-0.2, -0.15) is 0 Å². The summed E-state index contributed by atoms with van der Waals surface area (Å²) in [6.45, 7) is 0. The van der Waals surface area contributed by atoms with Crippen LogP contribution >= 0.6 is 23.2 Å². The third kappa shape index (κ3) is 6.34. The molecule has 0 aliphatic heterocycles. The van der Waals surface area contributed by atoms with E-state index >= 15 is 0 Å². The number of benzene rings is 3. The number of carbonyl (C=O) groups is 2. The number of rotatable bonds is 8. The number of ether oxygens (including phenoxy) is 1. The van der Waals surface area contributed by atoms with Crippen LogP contribution in [0, 0.1) is 20.2 Å². The van der Waals surface area contributed by atoms with Crippen LogP contribution in [0.5, 0.6) is 5.75 Å². The van der Waals surface area contributed by atoms with Gasteiger partial charge in [-0.1, -0.05) is 35.3 Å². The lowest BCUT2D eigenvalue weighted by molar-refractivity contribution is -0.385. The average Bonchev–Trinajstić information content (AvgIpc) is 2.84. The van der Waals surface area contributed by atoms with Crippen LogP contribution in [0.25, 0.3) is 6.08 Å². The van der Waals surface area contributed by atoms with E-state index in [4.69, 9.17) is 27.9 Å². The first-order valence-corrected chi connectivity index (χ1v) is 10.7. The first-order valence-electron chi connectivity index (χ1n) is 9.95. The Bertz CT molecular complexity index is 1410. The number of halogens is 2. The lowest BCUT2D eigenvalue weighted by Gasteiger charge is -2.14. The van der Waals surface area contributed by atoms with Crippen molar-refractivity contribution in [3.63, 3.8) is 0 Å². The minimum atomic E-state index is -0.923. The van der Waals surface area contributed by atoms with Crippen LogP contribution in [-0.4, -0.2) is 28.8 Å². The summed E-state index contributed by atoms with van der Waals surface area (Å²) >= 11 is 12.1. The minimum absolute atomic E-state index is 0.0929. The molecule has 0 radical (unpaired) electrons. The number of amides is 2. The van der Waals surface area contributed by atoms with Crippen LogP contribution in [0.3, 0.4) is 0 Å². The second kappa shape index (κ2) is 11.3. The molecule has 0 unspecified atom stereocenters. The van der Waals surface area contributed by atoms with E-state index in [9.17, 15) is 29.8 Å². The Kier molecular flexibility index (Phi) is 8.20. The lowest BCUT2D eigenvalue weighted by Crippen LogP contribution is -2.31. The fourth-order valence-electron chi connectivity index (χ4n) is 3.01. The van der Waals surface area contributed by atoms with E-state index in [1.165, 1.54) is 55.7 Å².